The molecule has 0 radical (unpaired) electrons. The summed E-state index contributed by atoms with van der Waals surface area (Å²) in [5.74, 6) is 0.673. The van der Waals surface area contributed by atoms with Crippen molar-refractivity contribution in [3.05, 3.63) is 28.7 Å². The lowest BCUT2D eigenvalue weighted by molar-refractivity contribution is -0.111. The van der Waals surface area contributed by atoms with E-state index in [-0.39, 0.29) is 10.0 Å². The first kappa shape index (κ1) is 13.1. The molecule has 0 bridgehead atoms. The molecule has 1 saturated heterocycles. The predicted molar refractivity (Wildman–Crippen MR) is 70.3 cm³/mol. The minimum absolute atomic E-state index is 0.106. The van der Waals surface area contributed by atoms with Gasteiger partial charge in [0.05, 0.1) is 10.9 Å². The molecule has 1 aliphatic rings. The summed E-state index contributed by atoms with van der Waals surface area (Å²) in [5.41, 5.74) is 0. The Bertz CT molecular complexity index is 527. The average molecular weight is 336 g/mol. The molecule has 0 amide bonds. The van der Waals surface area contributed by atoms with Crippen molar-refractivity contribution in [2.45, 2.75) is 17.4 Å². The van der Waals surface area contributed by atoms with Crippen LogP contribution in [0, 0.1) is 0 Å². The van der Waals surface area contributed by atoms with Crippen molar-refractivity contribution >= 4 is 42.8 Å². The van der Waals surface area contributed by atoms with Crippen LogP contribution in [0.25, 0.3) is 0 Å². The number of hydrogen-bond donors (Lipinski definition) is 1. The molecule has 4 nitrogen and oxygen atoms in total. The van der Waals surface area contributed by atoms with Gasteiger partial charge < -0.3 is 0 Å². The molecule has 1 fully saturated rings. The topological polar surface area (TPSA) is 63.2 Å². The maximum absolute atomic E-state index is 12.0. The molecular formula is C10H10BrNO3S2. The lowest BCUT2D eigenvalue weighted by atomic mass is 10.3. The largest absolute Gasteiger partial charge is 0.285 e. The van der Waals surface area contributed by atoms with Crippen LogP contribution in [0.4, 0.5) is 0 Å². The van der Waals surface area contributed by atoms with Gasteiger partial charge in [-0.05, 0) is 30.7 Å². The molecule has 0 spiro atoms. The lowest BCUT2D eigenvalue weighted by Crippen LogP contribution is -2.37. The number of benzene rings is 1. The van der Waals surface area contributed by atoms with Crippen molar-refractivity contribution in [1.82, 2.24) is 4.72 Å². The number of rotatable bonds is 3. The first-order chi connectivity index (χ1) is 7.99. The van der Waals surface area contributed by atoms with Crippen LogP contribution in [0.3, 0.4) is 0 Å². The van der Waals surface area contributed by atoms with Crippen molar-refractivity contribution in [2.24, 2.45) is 0 Å². The molecule has 92 valence electrons. The number of hydrogen-bond acceptors (Lipinski definition) is 4. The highest BCUT2D eigenvalue weighted by atomic mass is 79.9. The van der Waals surface area contributed by atoms with Crippen molar-refractivity contribution in [3.8, 4) is 0 Å². The Balaban J connectivity index is 2.19. The van der Waals surface area contributed by atoms with Crippen molar-refractivity contribution in [1.29, 1.82) is 0 Å². The minimum Gasteiger partial charge on any atom is -0.285 e. The molecular weight excluding hydrogens is 326 g/mol. The van der Waals surface area contributed by atoms with Gasteiger partial charge in [-0.25, -0.2) is 8.42 Å². The maximum Gasteiger partial charge on any atom is 0.241 e. The predicted octanol–water partition coefficient (Wildman–Crippen LogP) is 1.76. The Morgan fingerprint density at radius 2 is 1.94 bits per heavy atom. The van der Waals surface area contributed by atoms with Gasteiger partial charge in [-0.1, -0.05) is 27.7 Å². The summed E-state index contributed by atoms with van der Waals surface area (Å²) in [5, 5.41) is -0.106. The number of carbonyl (C=O) groups is 1. The zero-order chi connectivity index (χ0) is 12.5. The van der Waals surface area contributed by atoms with Crippen LogP contribution in [-0.2, 0) is 14.8 Å². The van der Waals surface area contributed by atoms with Gasteiger partial charge in [-0.3, -0.25) is 4.79 Å². The van der Waals surface area contributed by atoms with Gasteiger partial charge in [-0.2, -0.15) is 4.72 Å². The highest BCUT2D eigenvalue weighted by Crippen LogP contribution is 2.22. The fraction of sp³-hybridized carbons (Fsp3) is 0.300. The van der Waals surface area contributed by atoms with Crippen LogP contribution >= 0.6 is 27.7 Å². The van der Waals surface area contributed by atoms with E-state index in [0.717, 1.165) is 4.47 Å². The van der Waals surface area contributed by atoms with Gasteiger partial charge in [0, 0.05) is 10.2 Å². The molecule has 1 heterocycles. The standard InChI is InChI=1S/C10H10BrNO3S2/c11-7-1-3-8(4-2-7)17(14,15)12-9-5-6-16-10(9)13/h1-4,9,12H,5-6H2. The monoisotopic (exact) mass is 335 g/mol. The summed E-state index contributed by atoms with van der Waals surface area (Å²) < 4.78 is 27.2. The second-order valence-corrected chi connectivity index (χ2v) is 7.31. The van der Waals surface area contributed by atoms with E-state index in [1.54, 1.807) is 12.1 Å². The first-order valence-electron chi connectivity index (χ1n) is 4.93. The highest BCUT2D eigenvalue weighted by molar-refractivity contribution is 9.10. The van der Waals surface area contributed by atoms with Crippen molar-refractivity contribution in [2.75, 3.05) is 5.75 Å². The third kappa shape index (κ3) is 3.09. The van der Waals surface area contributed by atoms with Crippen LogP contribution in [-0.4, -0.2) is 25.3 Å². The van der Waals surface area contributed by atoms with E-state index in [9.17, 15) is 13.2 Å². The van der Waals surface area contributed by atoms with E-state index < -0.39 is 16.1 Å². The van der Waals surface area contributed by atoms with Crippen LogP contribution in [0.15, 0.2) is 33.6 Å². The van der Waals surface area contributed by atoms with Gasteiger partial charge in [0.25, 0.3) is 0 Å². The molecule has 0 aliphatic carbocycles. The smallest absolute Gasteiger partial charge is 0.241 e. The Labute approximate surface area is 112 Å². The summed E-state index contributed by atoms with van der Waals surface area (Å²) in [6, 6.07) is 5.71. The Hall–Kier alpha value is -0.370. The third-order valence-corrected chi connectivity index (χ3v) is 5.38. The SMILES string of the molecule is O=C1SCCC1NS(=O)(=O)c1ccc(Br)cc1. The maximum atomic E-state index is 12.0. The Morgan fingerprint density at radius 1 is 1.29 bits per heavy atom. The Kier molecular flexibility index (Phi) is 3.92. The van der Waals surface area contributed by atoms with Gasteiger partial charge >= 0.3 is 0 Å². The summed E-state index contributed by atoms with van der Waals surface area (Å²) in [4.78, 5) is 11.5. The second kappa shape index (κ2) is 5.09. The number of sulfonamides is 1. The van der Waals surface area contributed by atoms with E-state index in [4.69, 9.17) is 0 Å². The third-order valence-electron chi connectivity index (χ3n) is 2.36. The average Bonchev–Trinajstić information content (AvgIpc) is 2.64. The summed E-state index contributed by atoms with van der Waals surface area (Å²) in [6.45, 7) is 0. The highest BCUT2D eigenvalue weighted by Gasteiger charge is 2.29. The number of carbonyl (C=O) groups excluding carboxylic acids is 1. The fourth-order valence-electron chi connectivity index (χ4n) is 1.47. The van der Waals surface area contributed by atoms with Gasteiger partial charge in [-0.15, -0.1) is 0 Å². The molecule has 1 N–H and O–H groups in total. The van der Waals surface area contributed by atoms with Crippen molar-refractivity contribution < 1.29 is 13.2 Å². The van der Waals surface area contributed by atoms with Gasteiger partial charge in [0.1, 0.15) is 0 Å². The molecule has 1 aromatic rings. The molecule has 1 aliphatic heterocycles. The zero-order valence-electron chi connectivity index (χ0n) is 8.72. The molecule has 1 unspecified atom stereocenters. The normalized spacial score (nSPS) is 20.8. The van der Waals surface area contributed by atoms with E-state index >= 15 is 0 Å². The second-order valence-electron chi connectivity index (χ2n) is 3.58. The van der Waals surface area contributed by atoms with E-state index in [2.05, 4.69) is 20.7 Å². The van der Waals surface area contributed by atoms with E-state index in [0.29, 0.717) is 12.2 Å². The first-order valence-corrected chi connectivity index (χ1v) is 8.20. The van der Waals surface area contributed by atoms with Crippen LogP contribution in [0.5, 0.6) is 0 Å². The minimum atomic E-state index is -3.60. The molecule has 0 saturated carbocycles. The quantitative estimate of drug-likeness (QED) is 0.914. The zero-order valence-corrected chi connectivity index (χ0v) is 11.9. The van der Waals surface area contributed by atoms with Gasteiger partial charge in [0.15, 0.2) is 0 Å². The van der Waals surface area contributed by atoms with Gasteiger partial charge in [0.2, 0.25) is 15.1 Å². The molecule has 1 atom stereocenters. The van der Waals surface area contributed by atoms with Crippen LogP contribution in [0.1, 0.15) is 6.42 Å². The number of nitrogens with one attached hydrogen (secondary N) is 1. The lowest BCUT2D eigenvalue weighted by Gasteiger charge is -2.10. The molecule has 7 heteroatoms. The number of thioether (sulfide) groups is 1. The van der Waals surface area contributed by atoms with E-state index in [1.807, 2.05) is 0 Å². The molecule has 2 rings (SSSR count). The number of halogens is 1. The van der Waals surface area contributed by atoms with Crippen LogP contribution < -0.4 is 4.72 Å². The van der Waals surface area contributed by atoms with Crippen LogP contribution in [0.2, 0.25) is 0 Å². The molecule has 0 aromatic heterocycles. The molecule has 1 aromatic carbocycles. The molecule has 17 heavy (non-hydrogen) atoms. The Morgan fingerprint density at radius 3 is 2.47 bits per heavy atom. The van der Waals surface area contributed by atoms with E-state index in [1.165, 1.54) is 23.9 Å². The summed E-state index contributed by atoms with van der Waals surface area (Å²) >= 11 is 4.41. The van der Waals surface area contributed by atoms with Crippen molar-refractivity contribution in [3.63, 3.8) is 0 Å². The summed E-state index contributed by atoms with van der Waals surface area (Å²) in [7, 11) is -3.60. The fourth-order valence-corrected chi connectivity index (χ4v) is 3.97. The summed E-state index contributed by atoms with van der Waals surface area (Å²) in [6.07, 6.45) is 0.555.